The normalized spacial score (nSPS) is 16.6. The fourth-order valence-electron chi connectivity index (χ4n) is 2.04. The first-order valence-corrected chi connectivity index (χ1v) is 6.98. The van der Waals surface area contributed by atoms with Crippen molar-refractivity contribution in [2.24, 2.45) is 0 Å². The lowest BCUT2D eigenvalue weighted by atomic mass is 9.79. The van der Waals surface area contributed by atoms with Gasteiger partial charge in [0, 0.05) is 26.2 Å². The van der Waals surface area contributed by atoms with Gasteiger partial charge < -0.3 is 15.5 Å². The Morgan fingerprint density at radius 1 is 1.16 bits per heavy atom. The molecular formula is C13H24N6. The van der Waals surface area contributed by atoms with E-state index in [1.165, 1.54) is 19.3 Å². The second-order valence-corrected chi connectivity index (χ2v) is 5.64. The molecule has 0 aliphatic heterocycles. The molecule has 6 heteroatoms. The molecule has 19 heavy (non-hydrogen) atoms. The highest BCUT2D eigenvalue weighted by Crippen LogP contribution is 2.34. The Morgan fingerprint density at radius 3 is 2.37 bits per heavy atom. The molecule has 0 atom stereocenters. The second kappa shape index (κ2) is 5.59. The van der Waals surface area contributed by atoms with Crippen LogP contribution in [0.3, 0.4) is 0 Å². The standard InChI is InChI=1S/C13H24N6/c1-5-9-14-10-15-11(17-12(16-10)19(3)4)18-13(2)7-6-8-13/h5-9H2,1-4H3,(H2,14,15,16,17,18). The lowest BCUT2D eigenvalue weighted by Crippen LogP contribution is -2.42. The molecule has 1 aliphatic carbocycles. The summed E-state index contributed by atoms with van der Waals surface area (Å²) in [6, 6.07) is 0. The Kier molecular flexibility index (Phi) is 4.07. The number of hydrogen-bond donors (Lipinski definition) is 2. The molecule has 2 N–H and O–H groups in total. The average molecular weight is 264 g/mol. The Balaban J connectivity index is 2.18. The van der Waals surface area contributed by atoms with Crippen LogP contribution < -0.4 is 15.5 Å². The highest BCUT2D eigenvalue weighted by molar-refractivity contribution is 5.44. The topological polar surface area (TPSA) is 66.0 Å². The third-order valence-corrected chi connectivity index (χ3v) is 3.43. The van der Waals surface area contributed by atoms with Crippen molar-refractivity contribution in [3.8, 4) is 0 Å². The van der Waals surface area contributed by atoms with E-state index in [-0.39, 0.29) is 5.54 Å². The van der Waals surface area contributed by atoms with Crippen molar-refractivity contribution in [2.75, 3.05) is 36.2 Å². The molecule has 1 fully saturated rings. The Morgan fingerprint density at radius 2 is 1.84 bits per heavy atom. The summed E-state index contributed by atoms with van der Waals surface area (Å²) in [5, 5.41) is 6.66. The van der Waals surface area contributed by atoms with E-state index in [1.54, 1.807) is 0 Å². The number of anilines is 3. The number of hydrogen-bond acceptors (Lipinski definition) is 6. The molecule has 0 saturated heterocycles. The quantitative estimate of drug-likeness (QED) is 0.820. The largest absolute Gasteiger partial charge is 0.354 e. The van der Waals surface area contributed by atoms with Crippen LogP contribution in [0.1, 0.15) is 39.5 Å². The molecule has 106 valence electrons. The smallest absolute Gasteiger partial charge is 0.231 e. The van der Waals surface area contributed by atoms with Gasteiger partial charge in [-0.2, -0.15) is 15.0 Å². The molecule has 0 unspecified atom stereocenters. The third kappa shape index (κ3) is 3.45. The average Bonchev–Trinajstić information content (AvgIpc) is 2.34. The molecule has 1 saturated carbocycles. The minimum absolute atomic E-state index is 0.146. The van der Waals surface area contributed by atoms with Crippen LogP contribution in [0.25, 0.3) is 0 Å². The van der Waals surface area contributed by atoms with Crippen LogP contribution in [-0.2, 0) is 0 Å². The van der Waals surface area contributed by atoms with Crippen LogP contribution in [0.4, 0.5) is 17.8 Å². The molecule has 0 bridgehead atoms. The van der Waals surface area contributed by atoms with Crippen molar-refractivity contribution in [1.82, 2.24) is 15.0 Å². The maximum Gasteiger partial charge on any atom is 0.231 e. The number of nitrogens with one attached hydrogen (secondary N) is 2. The molecule has 0 amide bonds. The van der Waals surface area contributed by atoms with Crippen molar-refractivity contribution in [1.29, 1.82) is 0 Å². The zero-order valence-corrected chi connectivity index (χ0v) is 12.3. The molecule has 1 aliphatic rings. The Labute approximate surface area is 115 Å². The Bertz CT molecular complexity index is 427. The summed E-state index contributed by atoms with van der Waals surface area (Å²) < 4.78 is 0. The van der Waals surface area contributed by atoms with Gasteiger partial charge in [-0.3, -0.25) is 0 Å². The lowest BCUT2D eigenvalue weighted by molar-refractivity contribution is 0.304. The fourth-order valence-corrected chi connectivity index (χ4v) is 2.04. The summed E-state index contributed by atoms with van der Waals surface area (Å²) in [5.41, 5.74) is 0.146. The van der Waals surface area contributed by atoms with Crippen LogP contribution in [0.5, 0.6) is 0 Å². The van der Waals surface area contributed by atoms with Crippen LogP contribution >= 0.6 is 0 Å². The van der Waals surface area contributed by atoms with Gasteiger partial charge in [-0.25, -0.2) is 0 Å². The van der Waals surface area contributed by atoms with Crippen LogP contribution in [-0.4, -0.2) is 41.1 Å². The first kappa shape index (κ1) is 13.8. The number of aromatic nitrogens is 3. The summed E-state index contributed by atoms with van der Waals surface area (Å²) in [5.74, 6) is 1.99. The van der Waals surface area contributed by atoms with Crippen LogP contribution in [0.15, 0.2) is 0 Å². The molecular weight excluding hydrogens is 240 g/mol. The number of rotatable bonds is 6. The van der Waals surface area contributed by atoms with Gasteiger partial charge in [0.1, 0.15) is 0 Å². The fraction of sp³-hybridized carbons (Fsp3) is 0.769. The second-order valence-electron chi connectivity index (χ2n) is 5.64. The van der Waals surface area contributed by atoms with Crippen LogP contribution in [0, 0.1) is 0 Å². The van der Waals surface area contributed by atoms with Gasteiger partial charge in [-0.1, -0.05) is 6.92 Å². The van der Waals surface area contributed by atoms with Gasteiger partial charge in [0.25, 0.3) is 0 Å². The van der Waals surface area contributed by atoms with E-state index < -0.39 is 0 Å². The van der Waals surface area contributed by atoms with Crippen molar-refractivity contribution < 1.29 is 0 Å². The maximum atomic E-state index is 4.46. The molecule has 1 aromatic heterocycles. The summed E-state index contributed by atoms with van der Waals surface area (Å²) in [6.07, 6.45) is 4.67. The predicted octanol–water partition coefficient (Wildman–Crippen LogP) is 2.11. The molecule has 0 spiro atoms. The third-order valence-electron chi connectivity index (χ3n) is 3.43. The van der Waals surface area contributed by atoms with Crippen LogP contribution in [0.2, 0.25) is 0 Å². The molecule has 0 aromatic carbocycles. The highest BCUT2D eigenvalue weighted by Gasteiger charge is 2.32. The van der Waals surface area contributed by atoms with Gasteiger partial charge in [-0.05, 0) is 32.6 Å². The van der Waals surface area contributed by atoms with E-state index in [0.29, 0.717) is 17.8 Å². The van der Waals surface area contributed by atoms with E-state index in [4.69, 9.17) is 0 Å². The van der Waals surface area contributed by atoms with Crippen molar-refractivity contribution >= 4 is 17.8 Å². The van der Waals surface area contributed by atoms with Gasteiger partial charge >= 0.3 is 0 Å². The summed E-state index contributed by atoms with van der Waals surface area (Å²) in [6.45, 7) is 5.21. The van der Waals surface area contributed by atoms with Gasteiger partial charge in [0.15, 0.2) is 0 Å². The molecule has 6 nitrogen and oxygen atoms in total. The van der Waals surface area contributed by atoms with Crippen molar-refractivity contribution in [2.45, 2.75) is 45.1 Å². The van der Waals surface area contributed by atoms with E-state index in [2.05, 4.69) is 39.4 Å². The van der Waals surface area contributed by atoms with Crippen molar-refractivity contribution in [3.05, 3.63) is 0 Å². The van der Waals surface area contributed by atoms with Gasteiger partial charge in [-0.15, -0.1) is 0 Å². The van der Waals surface area contributed by atoms with Gasteiger partial charge in [0.2, 0.25) is 17.8 Å². The minimum atomic E-state index is 0.146. The molecule has 2 rings (SSSR count). The summed E-state index contributed by atoms with van der Waals surface area (Å²) >= 11 is 0. The lowest BCUT2D eigenvalue weighted by Gasteiger charge is -2.39. The summed E-state index contributed by atoms with van der Waals surface area (Å²) in [4.78, 5) is 15.2. The Hall–Kier alpha value is -1.59. The summed E-state index contributed by atoms with van der Waals surface area (Å²) in [7, 11) is 3.88. The van der Waals surface area contributed by atoms with E-state index in [9.17, 15) is 0 Å². The van der Waals surface area contributed by atoms with Gasteiger partial charge in [0.05, 0.1) is 0 Å². The highest BCUT2D eigenvalue weighted by atomic mass is 15.3. The molecule has 0 radical (unpaired) electrons. The first-order chi connectivity index (χ1) is 9.02. The number of nitrogens with zero attached hydrogens (tertiary/aromatic N) is 4. The first-order valence-electron chi connectivity index (χ1n) is 6.98. The van der Waals surface area contributed by atoms with E-state index in [1.807, 2.05) is 19.0 Å². The monoisotopic (exact) mass is 264 g/mol. The predicted molar refractivity (Wildman–Crippen MR) is 78.8 cm³/mol. The van der Waals surface area contributed by atoms with Crippen molar-refractivity contribution in [3.63, 3.8) is 0 Å². The molecule has 1 heterocycles. The zero-order chi connectivity index (χ0) is 13.9. The van der Waals surface area contributed by atoms with E-state index in [0.717, 1.165) is 13.0 Å². The maximum absolute atomic E-state index is 4.46. The SMILES string of the molecule is CCCNc1nc(NC2(C)CCC2)nc(N(C)C)n1. The molecule has 1 aromatic rings. The zero-order valence-electron chi connectivity index (χ0n) is 12.3. The minimum Gasteiger partial charge on any atom is -0.354 e. The van der Waals surface area contributed by atoms with E-state index >= 15 is 0 Å².